The second-order valence-corrected chi connectivity index (χ2v) is 4.23. The molecule has 1 saturated carbocycles. The molecule has 0 aromatic carbocycles. The van der Waals surface area contributed by atoms with E-state index < -0.39 is 6.04 Å². The van der Waals surface area contributed by atoms with Gasteiger partial charge in [0, 0.05) is 17.0 Å². The predicted octanol–water partition coefficient (Wildman–Crippen LogP) is 2.10. The van der Waals surface area contributed by atoms with Crippen LogP contribution in [0.5, 0.6) is 0 Å². The van der Waals surface area contributed by atoms with Gasteiger partial charge in [0.15, 0.2) is 0 Å². The number of rotatable bonds is 3. The van der Waals surface area contributed by atoms with Crippen molar-refractivity contribution in [2.45, 2.75) is 33.2 Å². The Morgan fingerprint density at radius 2 is 2.20 bits per heavy atom. The second kappa shape index (κ2) is 4.47. The molecule has 3 atom stereocenters. The maximum atomic E-state index is 10.7. The molecule has 0 aromatic heterocycles. The molecule has 0 bridgehead atoms. The molecule has 1 rings (SSSR count). The highest BCUT2D eigenvalue weighted by molar-refractivity contribution is 5.26. The van der Waals surface area contributed by atoms with Crippen LogP contribution in [0.2, 0.25) is 0 Å². The van der Waals surface area contributed by atoms with Crippen molar-refractivity contribution in [3.05, 3.63) is 33.5 Å². The molecule has 0 radical (unpaired) electrons. The standard InChI is InChI=1S/C11H18N2O2/c1-4-5-9(12)8(3)11-7(2)6-10(11)13(14)15/h4-5,7,10-11H,6,12H2,1-3H3/b5-4-,9-8+. The average Bonchev–Trinajstić information content (AvgIpc) is 2.13. The van der Waals surface area contributed by atoms with E-state index in [1.807, 2.05) is 26.8 Å². The summed E-state index contributed by atoms with van der Waals surface area (Å²) in [6.07, 6.45) is 4.32. The number of nitrogens with two attached hydrogens (primary N) is 1. The normalized spacial score (nSPS) is 32.3. The van der Waals surface area contributed by atoms with Gasteiger partial charge >= 0.3 is 0 Å². The highest BCUT2D eigenvalue weighted by atomic mass is 16.6. The van der Waals surface area contributed by atoms with Gasteiger partial charge in [-0.3, -0.25) is 10.1 Å². The van der Waals surface area contributed by atoms with E-state index in [0.29, 0.717) is 18.0 Å². The van der Waals surface area contributed by atoms with Gasteiger partial charge in [0.1, 0.15) is 0 Å². The van der Waals surface area contributed by atoms with E-state index in [4.69, 9.17) is 5.73 Å². The number of allylic oxidation sites excluding steroid dienone is 2. The van der Waals surface area contributed by atoms with Gasteiger partial charge in [-0.05, 0) is 31.4 Å². The first-order valence-electron chi connectivity index (χ1n) is 5.21. The minimum absolute atomic E-state index is 0.0104. The van der Waals surface area contributed by atoms with Crippen LogP contribution in [0.4, 0.5) is 0 Å². The molecule has 0 aromatic rings. The largest absolute Gasteiger partial charge is 0.399 e. The molecule has 1 aliphatic rings. The van der Waals surface area contributed by atoms with Crippen molar-refractivity contribution in [3.63, 3.8) is 0 Å². The highest BCUT2D eigenvalue weighted by Gasteiger charge is 2.47. The van der Waals surface area contributed by atoms with Crippen LogP contribution in [0, 0.1) is 22.0 Å². The Hall–Kier alpha value is -1.32. The molecule has 4 nitrogen and oxygen atoms in total. The van der Waals surface area contributed by atoms with Crippen molar-refractivity contribution < 1.29 is 4.92 Å². The second-order valence-electron chi connectivity index (χ2n) is 4.23. The summed E-state index contributed by atoms with van der Waals surface area (Å²) in [5.74, 6) is 0.375. The van der Waals surface area contributed by atoms with E-state index in [2.05, 4.69) is 0 Å². The summed E-state index contributed by atoms with van der Waals surface area (Å²) in [5, 5.41) is 10.7. The van der Waals surface area contributed by atoms with Crippen molar-refractivity contribution in [3.8, 4) is 0 Å². The van der Waals surface area contributed by atoms with Crippen molar-refractivity contribution in [2.75, 3.05) is 0 Å². The van der Waals surface area contributed by atoms with E-state index >= 15 is 0 Å². The fourth-order valence-corrected chi connectivity index (χ4v) is 2.29. The van der Waals surface area contributed by atoms with Gasteiger partial charge in [-0.25, -0.2) is 0 Å². The van der Waals surface area contributed by atoms with E-state index in [9.17, 15) is 10.1 Å². The van der Waals surface area contributed by atoms with Gasteiger partial charge in [-0.15, -0.1) is 0 Å². The zero-order chi connectivity index (χ0) is 11.6. The summed E-state index contributed by atoms with van der Waals surface area (Å²) in [5.41, 5.74) is 7.45. The number of nitrogens with zero attached hydrogens (tertiary/aromatic N) is 1. The number of nitro groups is 1. The molecular formula is C11H18N2O2. The summed E-state index contributed by atoms with van der Waals surface area (Å²) in [4.78, 5) is 10.6. The van der Waals surface area contributed by atoms with Crippen molar-refractivity contribution in [1.82, 2.24) is 0 Å². The van der Waals surface area contributed by atoms with Crippen LogP contribution < -0.4 is 5.73 Å². The summed E-state index contributed by atoms with van der Waals surface area (Å²) in [7, 11) is 0. The fraction of sp³-hybridized carbons (Fsp3) is 0.636. The highest BCUT2D eigenvalue weighted by Crippen LogP contribution is 2.41. The van der Waals surface area contributed by atoms with E-state index in [-0.39, 0.29) is 10.8 Å². The molecule has 15 heavy (non-hydrogen) atoms. The third-order valence-electron chi connectivity index (χ3n) is 3.21. The van der Waals surface area contributed by atoms with Crippen LogP contribution in [0.1, 0.15) is 27.2 Å². The number of hydrogen-bond donors (Lipinski definition) is 1. The third kappa shape index (κ3) is 2.19. The van der Waals surface area contributed by atoms with Gasteiger partial charge in [-0.1, -0.05) is 13.0 Å². The molecule has 84 valence electrons. The lowest BCUT2D eigenvalue weighted by Gasteiger charge is -2.37. The molecule has 0 saturated heterocycles. The van der Waals surface area contributed by atoms with Crippen LogP contribution in [-0.4, -0.2) is 11.0 Å². The van der Waals surface area contributed by atoms with Gasteiger partial charge in [0.2, 0.25) is 6.04 Å². The fourth-order valence-electron chi connectivity index (χ4n) is 2.29. The third-order valence-corrected chi connectivity index (χ3v) is 3.21. The maximum Gasteiger partial charge on any atom is 0.220 e. The molecule has 0 aliphatic heterocycles. The summed E-state index contributed by atoms with van der Waals surface area (Å²) >= 11 is 0. The average molecular weight is 210 g/mol. The first-order chi connectivity index (χ1) is 6.99. The van der Waals surface area contributed by atoms with Gasteiger partial charge in [0.05, 0.1) is 5.92 Å². The van der Waals surface area contributed by atoms with Crippen LogP contribution in [0.15, 0.2) is 23.4 Å². The first kappa shape index (κ1) is 11.8. The van der Waals surface area contributed by atoms with Gasteiger partial charge in [-0.2, -0.15) is 0 Å². The molecule has 0 spiro atoms. The smallest absolute Gasteiger partial charge is 0.220 e. The molecule has 0 heterocycles. The van der Waals surface area contributed by atoms with Crippen LogP contribution in [-0.2, 0) is 0 Å². The van der Waals surface area contributed by atoms with Crippen LogP contribution in [0.3, 0.4) is 0 Å². The number of hydrogen-bond acceptors (Lipinski definition) is 3. The Bertz CT molecular complexity index is 321. The van der Waals surface area contributed by atoms with Gasteiger partial charge in [0.25, 0.3) is 0 Å². The quantitative estimate of drug-likeness (QED) is 0.440. The molecule has 3 unspecified atom stereocenters. The van der Waals surface area contributed by atoms with E-state index in [1.54, 1.807) is 6.08 Å². The molecule has 0 amide bonds. The monoisotopic (exact) mass is 210 g/mol. The minimum atomic E-state index is -0.441. The predicted molar refractivity (Wildman–Crippen MR) is 59.8 cm³/mol. The van der Waals surface area contributed by atoms with Gasteiger partial charge < -0.3 is 5.73 Å². The topological polar surface area (TPSA) is 69.2 Å². The zero-order valence-corrected chi connectivity index (χ0v) is 9.43. The Kier molecular flexibility index (Phi) is 3.50. The van der Waals surface area contributed by atoms with Crippen molar-refractivity contribution in [1.29, 1.82) is 0 Å². The Labute approximate surface area is 90.0 Å². The Balaban J connectivity index is 2.86. The molecule has 1 fully saturated rings. The Morgan fingerprint density at radius 1 is 1.60 bits per heavy atom. The first-order valence-corrected chi connectivity index (χ1v) is 5.21. The molecule has 2 N–H and O–H groups in total. The lowest BCUT2D eigenvalue weighted by molar-refractivity contribution is -0.550. The summed E-state index contributed by atoms with van der Waals surface area (Å²) in [6.45, 7) is 5.82. The molecular weight excluding hydrogens is 192 g/mol. The summed E-state index contributed by atoms with van der Waals surface area (Å²) in [6, 6.07) is -0.441. The minimum Gasteiger partial charge on any atom is -0.399 e. The molecule has 4 heteroatoms. The van der Waals surface area contributed by atoms with E-state index in [0.717, 1.165) is 5.57 Å². The van der Waals surface area contributed by atoms with Crippen LogP contribution >= 0.6 is 0 Å². The van der Waals surface area contributed by atoms with Crippen molar-refractivity contribution in [2.24, 2.45) is 17.6 Å². The zero-order valence-electron chi connectivity index (χ0n) is 9.43. The van der Waals surface area contributed by atoms with E-state index in [1.165, 1.54) is 0 Å². The lowest BCUT2D eigenvalue weighted by Crippen LogP contribution is -2.46. The maximum absolute atomic E-state index is 10.7. The lowest BCUT2D eigenvalue weighted by atomic mass is 9.66. The molecule has 1 aliphatic carbocycles. The Morgan fingerprint density at radius 3 is 2.60 bits per heavy atom. The van der Waals surface area contributed by atoms with Crippen molar-refractivity contribution >= 4 is 0 Å². The SMILES string of the molecule is C/C=C\C(N)=C(\C)C1C(C)CC1[N+](=O)[O-]. The van der Waals surface area contributed by atoms with Crippen LogP contribution in [0.25, 0.3) is 0 Å². The summed E-state index contributed by atoms with van der Waals surface area (Å²) < 4.78 is 0.